The maximum atomic E-state index is 11.3. The first-order chi connectivity index (χ1) is 10.3. The van der Waals surface area contributed by atoms with E-state index in [0.29, 0.717) is 13.1 Å². The molecule has 1 spiro atoms. The molecule has 1 aromatic heterocycles. The van der Waals surface area contributed by atoms with E-state index in [9.17, 15) is 9.90 Å². The average molecular weight is 306 g/mol. The number of aliphatic carboxylic acids is 1. The van der Waals surface area contributed by atoms with Gasteiger partial charge in [-0.1, -0.05) is 25.9 Å². The molecule has 5 nitrogen and oxygen atoms in total. The van der Waals surface area contributed by atoms with Gasteiger partial charge in [-0.25, -0.2) is 0 Å². The largest absolute Gasteiger partial charge is 0.481 e. The average Bonchev–Trinajstić information content (AvgIpc) is 2.85. The van der Waals surface area contributed by atoms with Crippen molar-refractivity contribution in [2.45, 2.75) is 70.4 Å². The molecular formula is C17H26N2O3. The highest BCUT2D eigenvalue weighted by Crippen LogP contribution is 2.46. The van der Waals surface area contributed by atoms with Crippen LogP contribution in [0.3, 0.4) is 0 Å². The minimum absolute atomic E-state index is 0.0507. The van der Waals surface area contributed by atoms with Crippen molar-refractivity contribution in [1.29, 1.82) is 0 Å². The lowest BCUT2D eigenvalue weighted by Crippen LogP contribution is -2.58. The van der Waals surface area contributed by atoms with Crippen LogP contribution >= 0.6 is 0 Å². The van der Waals surface area contributed by atoms with E-state index in [0.717, 1.165) is 24.3 Å². The van der Waals surface area contributed by atoms with Crippen LogP contribution in [0.4, 0.5) is 0 Å². The summed E-state index contributed by atoms with van der Waals surface area (Å²) in [6, 6.07) is 2.02. The van der Waals surface area contributed by atoms with Gasteiger partial charge in [-0.2, -0.15) is 0 Å². The Morgan fingerprint density at radius 1 is 1.45 bits per heavy atom. The van der Waals surface area contributed by atoms with E-state index in [1.165, 1.54) is 19.3 Å². The number of hydrogen-bond acceptors (Lipinski definition) is 4. The normalized spacial score (nSPS) is 25.1. The SMILES string of the molecule is CC(C)(C)c1cc(CN2CC(C(=O)O)CCC23CCC3)no1. The summed E-state index contributed by atoms with van der Waals surface area (Å²) in [6.45, 7) is 7.64. The number of likely N-dealkylation sites (tertiary alicyclic amines) is 1. The zero-order valence-electron chi connectivity index (χ0n) is 13.8. The van der Waals surface area contributed by atoms with E-state index < -0.39 is 5.97 Å². The van der Waals surface area contributed by atoms with Gasteiger partial charge < -0.3 is 9.63 Å². The fraction of sp³-hybridized carbons (Fsp3) is 0.765. The molecule has 1 atom stereocenters. The van der Waals surface area contributed by atoms with Crippen molar-refractivity contribution in [3.8, 4) is 0 Å². The quantitative estimate of drug-likeness (QED) is 0.929. The van der Waals surface area contributed by atoms with Crippen LogP contribution in [-0.4, -0.2) is 33.2 Å². The lowest BCUT2D eigenvalue weighted by molar-refractivity contribution is -0.147. The summed E-state index contributed by atoms with van der Waals surface area (Å²) < 4.78 is 5.47. The molecule has 2 heterocycles. The second kappa shape index (κ2) is 5.37. The molecule has 0 aromatic carbocycles. The fourth-order valence-corrected chi connectivity index (χ4v) is 3.67. The molecule has 1 unspecified atom stereocenters. The number of rotatable bonds is 3. The van der Waals surface area contributed by atoms with Crippen LogP contribution in [-0.2, 0) is 16.8 Å². The van der Waals surface area contributed by atoms with Gasteiger partial charge in [-0.05, 0) is 32.1 Å². The molecule has 0 bridgehead atoms. The minimum Gasteiger partial charge on any atom is -0.481 e. The Labute approximate surface area is 131 Å². The predicted octanol–water partition coefficient (Wildman–Crippen LogP) is 3.19. The highest BCUT2D eigenvalue weighted by molar-refractivity contribution is 5.70. The maximum absolute atomic E-state index is 11.3. The van der Waals surface area contributed by atoms with Crippen molar-refractivity contribution < 1.29 is 14.4 Å². The summed E-state index contributed by atoms with van der Waals surface area (Å²) in [6.07, 6.45) is 5.42. The van der Waals surface area contributed by atoms with Crippen molar-refractivity contribution in [3.63, 3.8) is 0 Å². The third-order valence-electron chi connectivity index (χ3n) is 5.35. The van der Waals surface area contributed by atoms with Gasteiger partial charge in [0.15, 0.2) is 0 Å². The van der Waals surface area contributed by atoms with E-state index in [1.807, 2.05) is 6.07 Å². The first-order valence-corrected chi connectivity index (χ1v) is 8.24. The van der Waals surface area contributed by atoms with E-state index in [4.69, 9.17) is 4.52 Å². The molecular weight excluding hydrogens is 280 g/mol. The molecule has 1 aliphatic carbocycles. The van der Waals surface area contributed by atoms with Crippen molar-refractivity contribution in [3.05, 3.63) is 17.5 Å². The van der Waals surface area contributed by atoms with Crippen molar-refractivity contribution >= 4 is 5.97 Å². The monoisotopic (exact) mass is 306 g/mol. The van der Waals surface area contributed by atoms with Crippen LogP contribution < -0.4 is 0 Å². The number of nitrogens with zero attached hydrogens (tertiary/aromatic N) is 2. The van der Waals surface area contributed by atoms with Crippen molar-refractivity contribution in [2.75, 3.05) is 6.54 Å². The van der Waals surface area contributed by atoms with Crippen molar-refractivity contribution in [2.24, 2.45) is 5.92 Å². The van der Waals surface area contributed by atoms with Gasteiger partial charge in [0.05, 0.1) is 11.6 Å². The second-order valence-corrected chi connectivity index (χ2v) is 7.96. The minimum atomic E-state index is -0.672. The number of carboxylic acids is 1. The summed E-state index contributed by atoms with van der Waals surface area (Å²) in [4.78, 5) is 13.7. The molecule has 3 rings (SSSR count). The van der Waals surface area contributed by atoms with Gasteiger partial charge >= 0.3 is 5.97 Å². The van der Waals surface area contributed by atoms with E-state index in [1.54, 1.807) is 0 Å². The van der Waals surface area contributed by atoms with E-state index in [-0.39, 0.29) is 16.9 Å². The van der Waals surface area contributed by atoms with Crippen molar-refractivity contribution in [1.82, 2.24) is 10.1 Å². The zero-order chi connectivity index (χ0) is 16.0. The summed E-state index contributed by atoms with van der Waals surface area (Å²) in [7, 11) is 0. The Kier molecular flexibility index (Phi) is 3.79. The fourth-order valence-electron chi connectivity index (χ4n) is 3.67. The first kappa shape index (κ1) is 15.5. The molecule has 0 radical (unpaired) electrons. The van der Waals surface area contributed by atoms with Crippen LogP contribution in [0.1, 0.15) is 64.3 Å². The van der Waals surface area contributed by atoms with E-state index in [2.05, 4.69) is 30.8 Å². The summed E-state index contributed by atoms with van der Waals surface area (Å²) in [5, 5.41) is 13.5. The molecule has 1 saturated heterocycles. The molecule has 22 heavy (non-hydrogen) atoms. The standard InChI is InChI=1S/C17H26N2O3/c1-16(2,3)14-9-13(18-22-14)11-19-10-12(15(20)21)5-8-17(19)6-4-7-17/h9,12H,4-8,10-11H2,1-3H3,(H,20,21). The number of carboxylic acid groups (broad SMARTS) is 1. The van der Waals surface area contributed by atoms with Crippen LogP contribution in [0.5, 0.6) is 0 Å². The van der Waals surface area contributed by atoms with Gasteiger partial charge in [0.1, 0.15) is 5.76 Å². The lowest BCUT2D eigenvalue weighted by atomic mass is 9.68. The third kappa shape index (κ3) is 2.78. The van der Waals surface area contributed by atoms with Crippen LogP contribution in [0.25, 0.3) is 0 Å². The number of piperidine rings is 1. The number of carbonyl (C=O) groups is 1. The topological polar surface area (TPSA) is 66.6 Å². The molecule has 1 aromatic rings. The molecule has 5 heteroatoms. The highest BCUT2D eigenvalue weighted by Gasteiger charge is 2.47. The second-order valence-electron chi connectivity index (χ2n) is 7.96. The summed E-state index contributed by atoms with van der Waals surface area (Å²) in [5.41, 5.74) is 1.08. The molecule has 2 fully saturated rings. The van der Waals surface area contributed by atoms with Crippen LogP contribution in [0.15, 0.2) is 10.6 Å². The lowest BCUT2D eigenvalue weighted by Gasteiger charge is -2.54. The Hall–Kier alpha value is -1.36. The summed E-state index contributed by atoms with van der Waals surface area (Å²) in [5.74, 6) is -0.0353. The van der Waals surface area contributed by atoms with E-state index >= 15 is 0 Å². The summed E-state index contributed by atoms with van der Waals surface area (Å²) >= 11 is 0. The highest BCUT2D eigenvalue weighted by atomic mass is 16.5. The van der Waals surface area contributed by atoms with Gasteiger partial charge in [0.25, 0.3) is 0 Å². The van der Waals surface area contributed by atoms with Gasteiger partial charge in [0, 0.05) is 30.1 Å². The molecule has 122 valence electrons. The van der Waals surface area contributed by atoms with Gasteiger partial charge in [-0.3, -0.25) is 9.69 Å². The van der Waals surface area contributed by atoms with Crippen LogP contribution in [0, 0.1) is 5.92 Å². The van der Waals surface area contributed by atoms with Gasteiger partial charge in [-0.15, -0.1) is 0 Å². The molecule has 2 aliphatic rings. The first-order valence-electron chi connectivity index (χ1n) is 8.24. The molecule has 1 N–H and O–H groups in total. The van der Waals surface area contributed by atoms with Gasteiger partial charge in [0.2, 0.25) is 0 Å². The Morgan fingerprint density at radius 2 is 2.18 bits per heavy atom. The maximum Gasteiger partial charge on any atom is 0.307 e. The Morgan fingerprint density at radius 3 is 2.68 bits per heavy atom. The number of hydrogen-bond donors (Lipinski definition) is 1. The molecule has 0 amide bonds. The Bertz CT molecular complexity index is 554. The predicted molar refractivity (Wildman–Crippen MR) is 82.6 cm³/mol. The zero-order valence-corrected chi connectivity index (χ0v) is 13.8. The molecule has 1 saturated carbocycles. The smallest absolute Gasteiger partial charge is 0.307 e. The number of aromatic nitrogens is 1. The third-order valence-corrected chi connectivity index (χ3v) is 5.35. The van der Waals surface area contributed by atoms with Crippen LogP contribution in [0.2, 0.25) is 0 Å². The Balaban J connectivity index is 1.75. The molecule has 1 aliphatic heterocycles.